The summed E-state index contributed by atoms with van der Waals surface area (Å²) < 4.78 is 0.859. The first-order valence-electron chi connectivity index (χ1n) is 7.59. The first-order valence-corrected chi connectivity index (χ1v) is 8.38. The Labute approximate surface area is 152 Å². The van der Waals surface area contributed by atoms with Crippen LogP contribution in [0.3, 0.4) is 0 Å². The molecule has 2 amide bonds. The quantitative estimate of drug-likeness (QED) is 0.707. The Hall–Kier alpha value is -2.80. The number of pyridine rings is 2. The molecule has 0 unspecified atom stereocenters. The third kappa shape index (κ3) is 4.19. The number of anilines is 1. The Morgan fingerprint density at radius 1 is 1.16 bits per heavy atom. The number of rotatable bonds is 4. The fraction of sp³-hybridized carbons (Fsp3) is 0.111. The van der Waals surface area contributed by atoms with Crippen LogP contribution in [0.2, 0.25) is 0 Å². The standard InChI is InChI=1S/C18H15BrN4O2/c1-11-4-2-3-5-14(11)18(25)21-10-16(24)22-15-7-6-12-8-13(19)9-20-17(12)23-15/h2-9H,10H2,1H3,(H,21,25)(H,20,22,23,24). The highest BCUT2D eigenvalue weighted by atomic mass is 79.9. The maximum absolute atomic E-state index is 12.1. The van der Waals surface area contributed by atoms with Crippen molar-refractivity contribution in [3.8, 4) is 0 Å². The van der Waals surface area contributed by atoms with Gasteiger partial charge in [0.25, 0.3) is 5.91 Å². The largest absolute Gasteiger partial charge is 0.343 e. The van der Waals surface area contributed by atoms with Crippen LogP contribution in [0.1, 0.15) is 15.9 Å². The highest BCUT2D eigenvalue weighted by molar-refractivity contribution is 9.10. The lowest BCUT2D eigenvalue weighted by Crippen LogP contribution is -2.33. The van der Waals surface area contributed by atoms with Crippen molar-refractivity contribution in [2.45, 2.75) is 6.92 Å². The molecule has 2 heterocycles. The summed E-state index contributed by atoms with van der Waals surface area (Å²) in [5.74, 6) is -0.255. The molecule has 7 heteroatoms. The Balaban J connectivity index is 1.62. The minimum absolute atomic E-state index is 0.138. The molecule has 25 heavy (non-hydrogen) atoms. The summed E-state index contributed by atoms with van der Waals surface area (Å²) >= 11 is 3.35. The number of benzene rings is 1. The second kappa shape index (κ2) is 7.40. The van der Waals surface area contributed by atoms with Crippen molar-refractivity contribution in [1.29, 1.82) is 0 Å². The number of amides is 2. The van der Waals surface area contributed by atoms with Crippen LogP contribution in [0.4, 0.5) is 5.82 Å². The zero-order valence-corrected chi connectivity index (χ0v) is 15.0. The summed E-state index contributed by atoms with van der Waals surface area (Å²) in [4.78, 5) is 32.6. The molecule has 1 aromatic carbocycles. The van der Waals surface area contributed by atoms with E-state index in [1.807, 2.05) is 31.2 Å². The van der Waals surface area contributed by atoms with E-state index in [-0.39, 0.29) is 18.4 Å². The zero-order chi connectivity index (χ0) is 17.8. The molecule has 0 fully saturated rings. The van der Waals surface area contributed by atoms with E-state index in [1.54, 1.807) is 24.4 Å². The van der Waals surface area contributed by atoms with Gasteiger partial charge < -0.3 is 10.6 Å². The number of aryl methyl sites for hydroxylation is 1. The smallest absolute Gasteiger partial charge is 0.251 e. The van der Waals surface area contributed by atoms with Gasteiger partial charge in [-0.2, -0.15) is 0 Å². The van der Waals surface area contributed by atoms with Gasteiger partial charge in [-0.15, -0.1) is 0 Å². The summed E-state index contributed by atoms with van der Waals surface area (Å²) in [6.45, 7) is 1.71. The maximum atomic E-state index is 12.1. The van der Waals surface area contributed by atoms with Crippen molar-refractivity contribution in [2.24, 2.45) is 0 Å². The van der Waals surface area contributed by atoms with Gasteiger partial charge in [0.1, 0.15) is 5.82 Å². The lowest BCUT2D eigenvalue weighted by atomic mass is 10.1. The van der Waals surface area contributed by atoms with Gasteiger partial charge in [-0.3, -0.25) is 9.59 Å². The first kappa shape index (κ1) is 17.0. The molecule has 0 saturated heterocycles. The minimum Gasteiger partial charge on any atom is -0.343 e. The Bertz CT molecular complexity index is 959. The molecule has 6 nitrogen and oxygen atoms in total. The van der Waals surface area contributed by atoms with Crippen LogP contribution in [-0.2, 0) is 4.79 Å². The lowest BCUT2D eigenvalue weighted by Gasteiger charge is -2.08. The molecule has 0 radical (unpaired) electrons. The summed E-state index contributed by atoms with van der Waals surface area (Å²) in [5, 5.41) is 6.12. The van der Waals surface area contributed by atoms with E-state index in [2.05, 4.69) is 36.5 Å². The number of nitrogens with zero attached hydrogens (tertiary/aromatic N) is 2. The highest BCUT2D eigenvalue weighted by Crippen LogP contribution is 2.17. The molecule has 2 aromatic heterocycles. The van der Waals surface area contributed by atoms with Crippen molar-refractivity contribution < 1.29 is 9.59 Å². The van der Waals surface area contributed by atoms with Crippen molar-refractivity contribution in [3.05, 3.63) is 64.3 Å². The van der Waals surface area contributed by atoms with Gasteiger partial charge >= 0.3 is 0 Å². The fourth-order valence-electron chi connectivity index (χ4n) is 2.32. The van der Waals surface area contributed by atoms with Gasteiger partial charge in [0.05, 0.1) is 6.54 Å². The molecule has 0 aliphatic carbocycles. The molecule has 0 bridgehead atoms. The number of fused-ring (bicyclic) bond motifs is 1. The van der Waals surface area contributed by atoms with Gasteiger partial charge in [0.15, 0.2) is 5.65 Å². The molecule has 126 valence electrons. The summed E-state index contributed by atoms with van der Waals surface area (Å²) in [6.07, 6.45) is 1.64. The second-order valence-electron chi connectivity index (χ2n) is 5.44. The predicted octanol–water partition coefficient (Wildman–Crippen LogP) is 3.07. The monoisotopic (exact) mass is 398 g/mol. The van der Waals surface area contributed by atoms with E-state index in [0.717, 1.165) is 15.4 Å². The SMILES string of the molecule is Cc1ccccc1C(=O)NCC(=O)Nc1ccc2cc(Br)cnc2n1. The molecule has 3 aromatic rings. The lowest BCUT2D eigenvalue weighted by molar-refractivity contribution is -0.115. The van der Waals surface area contributed by atoms with Crippen LogP contribution < -0.4 is 10.6 Å². The van der Waals surface area contributed by atoms with Crippen LogP contribution >= 0.6 is 15.9 Å². The molecular formula is C18H15BrN4O2. The Morgan fingerprint density at radius 2 is 1.96 bits per heavy atom. The van der Waals surface area contributed by atoms with Crippen molar-refractivity contribution in [1.82, 2.24) is 15.3 Å². The van der Waals surface area contributed by atoms with E-state index in [0.29, 0.717) is 17.0 Å². The average molecular weight is 399 g/mol. The molecule has 0 saturated carbocycles. The van der Waals surface area contributed by atoms with E-state index >= 15 is 0 Å². The third-order valence-electron chi connectivity index (χ3n) is 3.58. The van der Waals surface area contributed by atoms with E-state index in [4.69, 9.17) is 0 Å². The van der Waals surface area contributed by atoms with Crippen LogP contribution in [-0.4, -0.2) is 28.3 Å². The van der Waals surface area contributed by atoms with Gasteiger partial charge in [-0.05, 0) is 52.7 Å². The maximum Gasteiger partial charge on any atom is 0.251 e. The number of carbonyl (C=O) groups excluding carboxylic acids is 2. The molecule has 0 aliphatic heterocycles. The molecular weight excluding hydrogens is 384 g/mol. The van der Waals surface area contributed by atoms with Gasteiger partial charge in [0, 0.05) is 21.6 Å². The number of aromatic nitrogens is 2. The van der Waals surface area contributed by atoms with E-state index in [1.165, 1.54) is 0 Å². The van der Waals surface area contributed by atoms with Gasteiger partial charge in [-0.1, -0.05) is 18.2 Å². The van der Waals surface area contributed by atoms with Crippen LogP contribution in [0.5, 0.6) is 0 Å². The van der Waals surface area contributed by atoms with Gasteiger partial charge in [-0.25, -0.2) is 9.97 Å². The van der Waals surface area contributed by atoms with E-state index in [9.17, 15) is 9.59 Å². The third-order valence-corrected chi connectivity index (χ3v) is 4.01. The normalized spacial score (nSPS) is 10.5. The Morgan fingerprint density at radius 3 is 2.76 bits per heavy atom. The summed E-state index contributed by atoms with van der Waals surface area (Å²) in [5.41, 5.74) is 1.94. The fourth-order valence-corrected chi connectivity index (χ4v) is 2.67. The molecule has 0 atom stereocenters. The molecule has 3 rings (SSSR count). The average Bonchev–Trinajstić information content (AvgIpc) is 2.60. The number of hydrogen-bond donors (Lipinski definition) is 2. The van der Waals surface area contributed by atoms with Crippen LogP contribution in [0.15, 0.2) is 53.1 Å². The first-order chi connectivity index (χ1) is 12.0. The predicted molar refractivity (Wildman–Crippen MR) is 99.4 cm³/mol. The van der Waals surface area contributed by atoms with E-state index < -0.39 is 0 Å². The van der Waals surface area contributed by atoms with Crippen LogP contribution in [0.25, 0.3) is 11.0 Å². The summed E-state index contributed by atoms with van der Waals surface area (Å²) in [6, 6.07) is 12.6. The molecule has 2 N–H and O–H groups in total. The number of halogens is 1. The van der Waals surface area contributed by atoms with Gasteiger partial charge in [0.2, 0.25) is 5.91 Å². The zero-order valence-electron chi connectivity index (χ0n) is 13.4. The molecule has 0 aliphatic rings. The van der Waals surface area contributed by atoms with Crippen molar-refractivity contribution >= 4 is 44.6 Å². The minimum atomic E-state index is -0.356. The summed E-state index contributed by atoms with van der Waals surface area (Å²) in [7, 11) is 0. The number of carbonyl (C=O) groups is 2. The highest BCUT2D eigenvalue weighted by Gasteiger charge is 2.10. The topological polar surface area (TPSA) is 84.0 Å². The Kier molecular flexibility index (Phi) is 5.04. The van der Waals surface area contributed by atoms with Crippen molar-refractivity contribution in [3.63, 3.8) is 0 Å². The van der Waals surface area contributed by atoms with Crippen molar-refractivity contribution in [2.75, 3.05) is 11.9 Å². The number of hydrogen-bond acceptors (Lipinski definition) is 4. The molecule has 0 spiro atoms. The number of nitrogens with one attached hydrogen (secondary N) is 2. The van der Waals surface area contributed by atoms with Crippen LogP contribution in [0, 0.1) is 6.92 Å². The second-order valence-corrected chi connectivity index (χ2v) is 6.36.